The van der Waals surface area contributed by atoms with Crippen molar-refractivity contribution in [1.82, 2.24) is 0 Å². The Kier molecular flexibility index (Phi) is 3.22. The van der Waals surface area contributed by atoms with E-state index in [1.807, 2.05) is 0 Å². The maximum absolute atomic E-state index is 13.5. The van der Waals surface area contributed by atoms with E-state index in [9.17, 15) is 56.7 Å². The van der Waals surface area contributed by atoms with E-state index < -0.39 is 44.6 Å². The third-order valence-electron chi connectivity index (χ3n) is 2.78. The van der Waals surface area contributed by atoms with Crippen LogP contribution in [0.3, 0.4) is 0 Å². The van der Waals surface area contributed by atoms with Crippen molar-refractivity contribution in [3.63, 3.8) is 0 Å². The summed E-state index contributed by atoms with van der Waals surface area (Å²) in [5.74, 6) is -37.3. The average Bonchev–Trinajstić information content (AvgIpc) is 2.23. The predicted octanol–water partition coefficient (Wildman–Crippen LogP) is 2.13. The van der Waals surface area contributed by atoms with Gasteiger partial charge in [-0.3, -0.25) is 0 Å². The Morgan fingerprint density at radius 3 is 0.905 bits per heavy atom. The van der Waals surface area contributed by atoms with Crippen molar-refractivity contribution in [2.45, 2.75) is 34.6 Å². The highest BCUT2D eigenvalue weighted by atomic mass is 32.2. The lowest BCUT2D eigenvalue weighted by molar-refractivity contribution is -0.469. The van der Waals surface area contributed by atoms with E-state index in [1.54, 1.807) is 0 Å². The molecular formula is C6H2F11NO2S. The lowest BCUT2D eigenvalue weighted by Gasteiger charge is -2.51. The smallest absolute Gasteiger partial charge is 0.226 e. The molecule has 2 N–H and O–H groups in total. The number of alkyl halides is 11. The second-order valence-corrected chi connectivity index (χ2v) is 5.66. The fourth-order valence-corrected chi connectivity index (χ4v) is 2.52. The van der Waals surface area contributed by atoms with Gasteiger partial charge in [-0.15, -0.1) is 0 Å². The van der Waals surface area contributed by atoms with Crippen LogP contribution in [0.2, 0.25) is 0 Å². The zero-order valence-corrected chi connectivity index (χ0v) is 9.78. The van der Waals surface area contributed by atoms with Gasteiger partial charge >= 0.3 is 34.6 Å². The zero-order chi connectivity index (χ0) is 17.5. The van der Waals surface area contributed by atoms with Gasteiger partial charge in [0.05, 0.1) is 0 Å². The number of halogens is 11. The molecule has 0 aromatic carbocycles. The highest BCUT2D eigenvalue weighted by molar-refractivity contribution is 7.90. The molecule has 1 aliphatic rings. The van der Waals surface area contributed by atoms with E-state index in [1.165, 1.54) is 0 Å². The largest absolute Gasteiger partial charge is 0.384 e. The van der Waals surface area contributed by atoms with Crippen LogP contribution in [-0.2, 0) is 10.0 Å². The summed E-state index contributed by atoms with van der Waals surface area (Å²) in [7, 11) is -7.19. The third-order valence-corrected chi connectivity index (χ3v) is 4.07. The Morgan fingerprint density at radius 2 is 0.714 bits per heavy atom. The normalized spacial score (nSPS) is 31.6. The van der Waals surface area contributed by atoms with Crippen LogP contribution >= 0.6 is 0 Å². The molecule has 1 rings (SSSR count). The summed E-state index contributed by atoms with van der Waals surface area (Å²) < 4.78 is 163. The molecule has 0 aromatic rings. The minimum Gasteiger partial charge on any atom is -0.226 e. The molecular weight excluding hydrogens is 359 g/mol. The molecule has 126 valence electrons. The second kappa shape index (κ2) is 3.72. The first-order chi connectivity index (χ1) is 8.75. The van der Waals surface area contributed by atoms with Crippen molar-refractivity contribution in [2.75, 3.05) is 0 Å². The fourth-order valence-electron chi connectivity index (χ4n) is 1.55. The van der Waals surface area contributed by atoms with Gasteiger partial charge in [0.1, 0.15) is 0 Å². The topological polar surface area (TPSA) is 60.2 Å². The van der Waals surface area contributed by atoms with Gasteiger partial charge in [0.15, 0.2) is 0 Å². The quantitative estimate of drug-likeness (QED) is 0.728. The standard InChI is InChI=1S/C6H2F11NO2S/c7-1(8)2(9,10)4(13,14)6(17,21(18,19)20)5(15,16)3(1,11)12/h(H2,18,19,20). The highest BCUT2D eigenvalue weighted by Gasteiger charge is 3.03. The van der Waals surface area contributed by atoms with E-state index in [0.29, 0.717) is 0 Å². The summed E-state index contributed by atoms with van der Waals surface area (Å²) in [5, 5.41) is -3.61. The minimum absolute atomic E-state index is 3.55. The van der Waals surface area contributed by atoms with Crippen molar-refractivity contribution in [2.24, 2.45) is 5.14 Å². The number of hydrogen-bond acceptors (Lipinski definition) is 2. The first kappa shape index (κ1) is 18.2. The molecule has 0 aliphatic heterocycles. The Morgan fingerprint density at radius 1 is 0.524 bits per heavy atom. The summed E-state index contributed by atoms with van der Waals surface area (Å²) in [6.07, 6.45) is 0. The Balaban J connectivity index is 4.02. The lowest BCUT2D eigenvalue weighted by atomic mass is 9.81. The molecule has 0 saturated heterocycles. The van der Waals surface area contributed by atoms with Crippen molar-refractivity contribution >= 4 is 10.0 Å². The molecule has 0 aromatic heterocycles. The van der Waals surface area contributed by atoms with Crippen LogP contribution in [-0.4, -0.2) is 43.0 Å². The lowest BCUT2D eigenvalue weighted by Crippen LogP contribution is -2.85. The van der Waals surface area contributed by atoms with Crippen LogP contribution < -0.4 is 5.14 Å². The molecule has 1 fully saturated rings. The number of rotatable bonds is 1. The number of hydrogen-bond donors (Lipinski definition) is 1. The van der Waals surface area contributed by atoms with Crippen LogP contribution in [0, 0.1) is 0 Å². The molecule has 3 nitrogen and oxygen atoms in total. The Labute approximate surface area is 107 Å². The molecule has 0 heterocycles. The van der Waals surface area contributed by atoms with Crippen LogP contribution in [0.1, 0.15) is 0 Å². The van der Waals surface area contributed by atoms with Crippen LogP contribution in [0.5, 0.6) is 0 Å². The first-order valence-electron chi connectivity index (χ1n) is 4.35. The van der Waals surface area contributed by atoms with Gasteiger partial charge in [0.2, 0.25) is 0 Å². The zero-order valence-electron chi connectivity index (χ0n) is 8.96. The van der Waals surface area contributed by atoms with Crippen LogP contribution in [0.15, 0.2) is 0 Å². The highest BCUT2D eigenvalue weighted by Crippen LogP contribution is 2.70. The molecule has 0 atom stereocenters. The van der Waals surface area contributed by atoms with Crippen molar-refractivity contribution < 1.29 is 56.7 Å². The molecule has 0 spiro atoms. The third kappa shape index (κ3) is 1.46. The maximum Gasteiger partial charge on any atom is 0.384 e. The van der Waals surface area contributed by atoms with Gasteiger partial charge in [0, 0.05) is 0 Å². The summed E-state index contributed by atoms with van der Waals surface area (Å²) in [5.41, 5.74) is 0. The van der Waals surface area contributed by atoms with Gasteiger partial charge in [-0.05, 0) is 0 Å². The summed E-state index contributed by atoms with van der Waals surface area (Å²) in [6, 6.07) is 0. The summed E-state index contributed by atoms with van der Waals surface area (Å²) in [4.78, 5) is 0. The van der Waals surface area contributed by atoms with Crippen molar-refractivity contribution in [1.29, 1.82) is 0 Å². The van der Waals surface area contributed by atoms with E-state index in [2.05, 4.69) is 5.14 Å². The van der Waals surface area contributed by atoms with Crippen LogP contribution in [0.25, 0.3) is 0 Å². The summed E-state index contributed by atoms with van der Waals surface area (Å²) in [6.45, 7) is 0. The molecule has 15 heteroatoms. The van der Waals surface area contributed by atoms with Gasteiger partial charge in [-0.1, -0.05) is 0 Å². The fraction of sp³-hybridized carbons (Fsp3) is 1.00. The second-order valence-electron chi connectivity index (χ2n) is 4.01. The molecule has 0 unspecified atom stereocenters. The Hall–Kier alpha value is -0.860. The van der Waals surface area contributed by atoms with Gasteiger partial charge in [-0.25, -0.2) is 17.9 Å². The average molecular weight is 361 g/mol. The maximum atomic E-state index is 13.5. The minimum atomic E-state index is -7.48. The van der Waals surface area contributed by atoms with Crippen LogP contribution in [0.4, 0.5) is 48.3 Å². The van der Waals surface area contributed by atoms with Gasteiger partial charge in [-0.2, -0.15) is 43.9 Å². The molecule has 0 bridgehead atoms. The van der Waals surface area contributed by atoms with Crippen molar-refractivity contribution in [3.8, 4) is 0 Å². The van der Waals surface area contributed by atoms with E-state index in [0.717, 1.165) is 0 Å². The van der Waals surface area contributed by atoms with E-state index in [4.69, 9.17) is 0 Å². The summed E-state index contributed by atoms with van der Waals surface area (Å²) >= 11 is 0. The van der Waals surface area contributed by atoms with Gasteiger partial charge in [0.25, 0.3) is 10.0 Å². The van der Waals surface area contributed by atoms with E-state index in [-0.39, 0.29) is 0 Å². The molecule has 1 saturated carbocycles. The first-order valence-corrected chi connectivity index (χ1v) is 5.90. The molecule has 0 radical (unpaired) electrons. The number of primary sulfonamides is 1. The number of sulfonamides is 1. The Bertz CT molecular complexity index is 537. The number of nitrogens with two attached hydrogens (primary N) is 1. The monoisotopic (exact) mass is 361 g/mol. The molecule has 0 amide bonds. The van der Waals surface area contributed by atoms with Crippen molar-refractivity contribution in [3.05, 3.63) is 0 Å². The van der Waals surface area contributed by atoms with Gasteiger partial charge < -0.3 is 0 Å². The molecule has 21 heavy (non-hydrogen) atoms. The van der Waals surface area contributed by atoms with E-state index >= 15 is 0 Å². The predicted molar refractivity (Wildman–Crippen MR) is 41.7 cm³/mol. The molecule has 1 aliphatic carbocycles. The SMILES string of the molecule is NS(=O)(=O)C1(F)C(F)(F)C(F)(F)C(F)(F)C(F)(F)C1(F)F.